The van der Waals surface area contributed by atoms with Crippen molar-refractivity contribution in [2.75, 3.05) is 18.5 Å². The molecule has 0 saturated carbocycles. The molecule has 0 saturated heterocycles. The normalized spacial score (nSPS) is 12.5. The van der Waals surface area contributed by atoms with Crippen LogP contribution in [0.2, 0.25) is 0 Å². The summed E-state index contributed by atoms with van der Waals surface area (Å²) in [6.45, 7) is 4.58. The van der Waals surface area contributed by atoms with Crippen molar-refractivity contribution < 1.29 is 9.50 Å². The van der Waals surface area contributed by atoms with Crippen LogP contribution in [0.5, 0.6) is 0 Å². The summed E-state index contributed by atoms with van der Waals surface area (Å²) in [4.78, 5) is 7.71. The summed E-state index contributed by atoms with van der Waals surface area (Å²) in [6, 6.07) is 0. The van der Waals surface area contributed by atoms with Gasteiger partial charge in [-0.2, -0.15) is 0 Å². The summed E-state index contributed by atoms with van der Waals surface area (Å²) in [7, 11) is 0. The maximum Gasteiger partial charge on any atom is 0.186 e. The number of aryl methyl sites for hydroxylation is 1. The molecular formula is C11H18FN3O. The molecule has 1 unspecified atom stereocenters. The van der Waals surface area contributed by atoms with Crippen LogP contribution in [0.3, 0.4) is 0 Å². The fourth-order valence-corrected chi connectivity index (χ4v) is 1.37. The third-order valence-corrected chi connectivity index (χ3v) is 2.44. The largest absolute Gasteiger partial charge is 0.396 e. The Morgan fingerprint density at radius 2 is 2.25 bits per heavy atom. The second kappa shape index (κ2) is 6.37. The van der Waals surface area contributed by atoms with E-state index in [9.17, 15) is 4.39 Å². The summed E-state index contributed by atoms with van der Waals surface area (Å²) in [5, 5.41) is 11.7. The van der Waals surface area contributed by atoms with E-state index in [0.29, 0.717) is 25.1 Å². The summed E-state index contributed by atoms with van der Waals surface area (Å²) in [5.41, 5.74) is 0.423. The predicted octanol–water partition coefficient (Wildman–Crippen LogP) is 1.61. The Bertz CT molecular complexity index is 333. The lowest BCUT2D eigenvalue weighted by Gasteiger charge is -2.12. The molecule has 5 heteroatoms. The van der Waals surface area contributed by atoms with E-state index < -0.39 is 0 Å². The van der Waals surface area contributed by atoms with Gasteiger partial charge in [0.15, 0.2) is 11.6 Å². The third kappa shape index (κ3) is 3.41. The maximum absolute atomic E-state index is 13.7. The highest BCUT2D eigenvalue weighted by Crippen LogP contribution is 2.14. The van der Waals surface area contributed by atoms with Crippen molar-refractivity contribution in [3.63, 3.8) is 0 Å². The predicted molar refractivity (Wildman–Crippen MR) is 60.7 cm³/mol. The van der Waals surface area contributed by atoms with Crippen molar-refractivity contribution in [2.45, 2.75) is 26.7 Å². The van der Waals surface area contributed by atoms with Crippen molar-refractivity contribution in [1.82, 2.24) is 9.97 Å². The second-order valence-corrected chi connectivity index (χ2v) is 3.83. The smallest absolute Gasteiger partial charge is 0.186 e. The number of halogens is 1. The van der Waals surface area contributed by atoms with Crippen LogP contribution >= 0.6 is 0 Å². The monoisotopic (exact) mass is 227 g/mol. The summed E-state index contributed by atoms with van der Waals surface area (Å²) in [6.07, 6.45) is 2.61. The lowest BCUT2D eigenvalue weighted by molar-refractivity contribution is 0.265. The molecule has 0 amide bonds. The van der Waals surface area contributed by atoms with Gasteiger partial charge in [-0.3, -0.25) is 0 Å². The lowest BCUT2D eigenvalue weighted by atomic mass is 10.1. The highest BCUT2D eigenvalue weighted by atomic mass is 19.1. The van der Waals surface area contributed by atoms with Crippen LogP contribution in [0.15, 0.2) is 6.33 Å². The van der Waals surface area contributed by atoms with Gasteiger partial charge < -0.3 is 10.4 Å². The second-order valence-electron chi connectivity index (χ2n) is 3.83. The Morgan fingerprint density at radius 3 is 2.88 bits per heavy atom. The lowest BCUT2D eigenvalue weighted by Crippen LogP contribution is -2.15. The van der Waals surface area contributed by atoms with Crippen LogP contribution in [-0.4, -0.2) is 28.2 Å². The molecule has 1 atom stereocenters. The van der Waals surface area contributed by atoms with Crippen LogP contribution < -0.4 is 5.32 Å². The van der Waals surface area contributed by atoms with Crippen molar-refractivity contribution >= 4 is 5.82 Å². The molecule has 0 spiro atoms. The van der Waals surface area contributed by atoms with Gasteiger partial charge in [-0.05, 0) is 18.8 Å². The van der Waals surface area contributed by atoms with Gasteiger partial charge in [0.25, 0.3) is 0 Å². The molecule has 0 fully saturated rings. The van der Waals surface area contributed by atoms with Gasteiger partial charge in [0.1, 0.15) is 6.33 Å². The van der Waals surface area contributed by atoms with Gasteiger partial charge >= 0.3 is 0 Å². The first-order chi connectivity index (χ1) is 7.69. The molecule has 1 aromatic rings. The number of aliphatic hydroxyl groups excluding tert-OH is 1. The quantitative estimate of drug-likeness (QED) is 0.775. The highest BCUT2D eigenvalue weighted by Gasteiger charge is 2.10. The van der Waals surface area contributed by atoms with E-state index in [4.69, 9.17) is 5.11 Å². The van der Waals surface area contributed by atoms with E-state index in [1.807, 2.05) is 13.8 Å². The van der Waals surface area contributed by atoms with Crippen molar-refractivity contribution in [3.8, 4) is 0 Å². The number of nitrogens with zero attached hydrogens (tertiary/aromatic N) is 2. The van der Waals surface area contributed by atoms with Crippen LogP contribution in [0, 0.1) is 11.7 Å². The van der Waals surface area contributed by atoms with E-state index in [-0.39, 0.29) is 24.2 Å². The number of aliphatic hydroxyl groups is 1. The maximum atomic E-state index is 13.7. The Kier molecular flexibility index (Phi) is 5.11. The summed E-state index contributed by atoms with van der Waals surface area (Å²) >= 11 is 0. The summed E-state index contributed by atoms with van der Waals surface area (Å²) in [5.74, 6) is 0.155. The fraction of sp³-hybridized carbons (Fsp3) is 0.636. The minimum absolute atomic E-state index is 0.148. The van der Waals surface area contributed by atoms with Gasteiger partial charge in [-0.1, -0.05) is 13.8 Å². The third-order valence-electron chi connectivity index (χ3n) is 2.44. The van der Waals surface area contributed by atoms with Gasteiger partial charge in [-0.25, -0.2) is 14.4 Å². The van der Waals surface area contributed by atoms with Gasteiger partial charge in [0.05, 0.1) is 5.69 Å². The molecule has 1 aromatic heterocycles. The van der Waals surface area contributed by atoms with E-state index in [1.54, 1.807) is 0 Å². The molecule has 2 N–H and O–H groups in total. The molecule has 0 aliphatic carbocycles. The highest BCUT2D eigenvalue weighted by molar-refractivity contribution is 5.37. The molecule has 0 bridgehead atoms. The van der Waals surface area contributed by atoms with Crippen molar-refractivity contribution in [3.05, 3.63) is 17.8 Å². The average molecular weight is 227 g/mol. The van der Waals surface area contributed by atoms with E-state index >= 15 is 0 Å². The summed E-state index contributed by atoms with van der Waals surface area (Å²) < 4.78 is 13.7. The van der Waals surface area contributed by atoms with Crippen LogP contribution in [0.25, 0.3) is 0 Å². The number of hydrogen-bond donors (Lipinski definition) is 2. The Labute approximate surface area is 94.9 Å². The SMILES string of the molecule is CCc1ncnc(NCC(C)CCO)c1F. The molecule has 90 valence electrons. The standard InChI is InChI=1S/C11H18FN3O/c1-3-9-10(12)11(15-7-14-9)13-6-8(2)4-5-16/h7-8,16H,3-6H2,1-2H3,(H,13,14,15). The number of hydrogen-bond acceptors (Lipinski definition) is 4. The van der Waals surface area contributed by atoms with Gasteiger partial charge in [0.2, 0.25) is 0 Å². The molecular weight excluding hydrogens is 209 g/mol. The topological polar surface area (TPSA) is 58.0 Å². The first kappa shape index (κ1) is 12.8. The number of aromatic nitrogens is 2. The molecule has 4 nitrogen and oxygen atoms in total. The van der Waals surface area contributed by atoms with Gasteiger partial charge in [0, 0.05) is 13.2 Å². The van der Waals surface area contributed by atoms with E-state index in [2.05, 4.69) is 15.3 Å². The number of anilines is 1. The molecule has 16 heavy (non-hydrogen) atoms. The zero-order valence-electron chi connectivity index (χ0n) is 9.70. The Morgan fingerprint density at radius 1 is 1.50 bits per heavy atom. The minimum atomic E-state index is -0.374. The molecule has 1 heterocycles. The van der Waals surface area contributed by atoms with E-state index in [0.717, 1.165) is 0 Å². The minimum Gasteiger partial charge on any atom is -0.396 e. The van der Waals surface area contributed by atoms with E-state index in [1.165, 1.54) is 6.33 Å². The van der Waals surface area contributed by atoms with Gasteiger partial charge in [-0.15, -0.1) is 0 Å². The Hall–Kier alpha value is -1.23. The molecule has 0 aliphatic heterocycles. The fourth-order valence-electron chi connectivity index (χ4n) is 1.37. The van der Waals surface area contributed by atoms with Crippen LogP contribution in [0.1, 0.15) is 26.0 Å². The van der Waals surface area contributed by atoms with Crippen LogP contribution in [0.4, 0.5) is 10.2 Å². The number of nitrogens with one attached hydrogen (secondary N) is 1. The molecule has 0 aliphatic rings. The first-order valence-corrected chi connectivity index (χ1v) is 5.53. The first-order valence-electron chi connectivity index (χ1n) is 5.53. The zero-order chi connectivity index (χ0) is 12.0. The molecule has 0 radical (unpaired) electrons. The molecule has 0 aromatic carbocycles. The average Bonchev–Trinajstić information content (AvgIpc) is 2.28. The molecule has 1 rings (SSSR count). The van der Waals surface area contributed by atoms with Crippen molar-refractivity contribution in [1.29, 1.82) is 0 Å². The number of rotatable bonds is 6. The Balaban J connectivity index is 2.60. The zero-order valence-corrected chi connectivity index (χ0v) is 9.70. The van der Waals surface area contributed by atoms with Crippen molar-refractivity contribution in [2.24, 2.45) is 5.92 Å². The van der Waals surface area contributed by atoms with Crippen LogP contribution in [-0.2, 0) is 6.42 Å².